The molecule has 0 amide bonds. The highest BCUT2D eigenvalue weighted by Crippen LogP contribution is 2.41. The Balaban J connectivity index is 2.38. The van der Waals surface area contributed by atoms with Crippen LogP contribution in [0, 0.1) is 0 Å². The minimum atomic E-state index is 0.0962. The van der Waals surface area contributed by atoms with Crippen LogP contribution < -0.4 is 4.74 Å². The Morgan fingerprint density at radius 2 is 1.62 bits per heavy atom. The van der Waals surface area contributed by atoms with Crippen LogP contribution in [0.4, 0.5) is 0 Å². The molecular weight excluding hydrogens is 336 g/mol. The second kappa shape index (κ2) is 4.89. The molecule has 0 atom stereocenters. The highest BCUT2D eigenvalue weighted by Gasteiger charge is 2.11. The maximum atomic E-state index is 9.70. The van der Waals surface area contributed by atoms with Gasteiger partial charge in [-0.1, -0.05) is 18.2 Å². The number of aromatic hydroxyl groups is 1. The summed E-state index contributed by atoms with van der Waals surface area (Å²) >= 11 is 6.71. The van der Waals surface area contributed by atoms with Crippen molar-refractivity contribution in [2.45, 2.75) is 0 Å². The summed E-state index contributed by atoms with van der Waals surface area (Å²) in [5, 5.41) is 9.70. The largest absolute Gasteiger partial charge is 0.504 e. The third-order valence-corrected chi connectivity index (χ3v) is 3.97. The molecule has 0 aromatic heterocycles. The lowest BCUT2D eigenvalue weighted by atomic mass is 10.3. The Bertz CT molecular complexity index is 498. The predicted molar refractivity (Wildman–Crippen MR) is 70.0 cm³/mol. The first kappa shape index (κ1) is 11.5. The molecule has 0 saturated heterocycles. The van der Waals surface area contributed by atoms with Crippen LogP contribution in [0.3, 0.4) is 0 Å². The Hall–Kier alpha value is -1.00. The van der Waals surface area contributed by atoms with Crippen molar-refractivity contribution >= 4 is 31.9 Å². The summed E-state index contributed by atoms with van der Waals surface area (Å²) in [6.07, 6.45) is 0. The van der Waals surface area contributed by atoms with E-state index in [0.717, 1.165) is 4.47 Å². The van der Waals surface area contributed by atoms with Gasteiger partial charge >= 0.3 is 0 Å². The number of para-hydroxylation sites is 1. The van der Waals surface area contributed by atoms with Crippen molar-refractivity contribution in [2.75, 3.05) is 0 Å². The molecule has 2 rings (SSSR count). The van der Waals surface area contributed by atoms with E-state index in [0.29, 0.717) is 16.0 Å². The number of halogens is 2. The van der Waals surface area contributed by atoms with Crippen LogP contribution in [0.2, 0.25) is 0 Å². The fraction of sp³-hybridized carbons (Fsp3) is 0. The molecule has 0 radical (unpaired) electrons. The number of hydrogen-bond donors (Lipinski definition) is 1. The van der Waals surface area contributed by atoms with Gasteiger partial charge in [0.2, 0.25) is 0 Å². The fourth-order valence-electron chi connectivity index (χ4n) is 1.23. The van der Waals surface area contributed by atoms with Crippen molar-refractivity contribution < 1.29 is 9.84 Å². The molecule has 82 valence electrons. The average molecular weight is 344 g/mol. The number of phenols is 1. The summed E-state index contributed by atoms with van der Waals surface area (Å²) in [4.78, 5) is 0. The van der Waals surface area contributed by atoms with Crippen LogP contribution in [0.15, 0.2) is 51.4 Å². The normalized spacial score (nSPS) is 10.1. The maximum Gasteiger partial charge on any atom is 0.184 e. The molecule has 0 bridgehead atoms. The molecular formula is C12H8Br2O2. The van der Waals surface area contributed by atoms with E-state index in [1.54, 1.807) is 12.1 Å². The molecule has 0 aliphatic heterocycles. The van der Waals surface area contributed by atoms with Gasteiger partial charge in [0.1, 0.15) is 5.75 Å². The molecule has 1 N–H and O–H groups in total. The average Bonchev–Trinajstić information content (AvgIpc) is 2.31. The molecule has 0 saturated carbocycles. The first-order chi connectivity index (χ1) is 7.68. The van der Waals surface area contributed by atoms with E-state index in [1.165, 1.54) is 0 Å². The molecule has 0 fully saturated rings. The van der Waals surface area contributed by atoms with E-state index in [1.807, 2.05) is 30.3 Å². The van der Waals surface area contributed by atoms with Gasteiger partial charge in [-0.25, -0.2) is 0 Å². The third-order valence-electron chi connectivity index (χ3n) is 1.99. The SMILES string of the molecule is Oc1ccc(Br)c(Br)c1Oc1ccccc1. The van der Waals surface area contributed by atoms with Crippen molar-refractivity contribution in [3.8, 4) is 17.2 Å². The van der Waals surface area contributed by atoms with Gasteiger partial charge in [-0.3, -0.25) is 0 Å². The van der Waals surface area contributed by atoms with Crippen LogP contribution in [0.5, 0.6) is 17.2 Å². The lowest BCUT2D eigenvalue weighted by Crippen LogP contribution is -1.86. The molecule has 16 heavy (non-hydrogen) atoms. The molecule has 2 aromatic rings. The Labute approximate surface area is 110 Å². The zero-order chi connectivity index (χ0) is 11.5. The summed E-state index contributed by atoms with van der Waals surface area (Å²) in [6.45, 7) is 0. The maximum absolute atomic E-state index is 9.70. The van der Waals surface area contributed by atoms with Crippen LogP contribution in [-0.4, -0.2) is 5.11 Å². The summed E-state index contributed by atoms with van der Waals surface area (Å²) in [5.41, 5.74) is 0. The highest BCUT2D eigenvalue weighted by molar-refractivity contribution is 9.13. The lowest BCUT2D eigenvalue weighted by Gasteiger charge is -2.10. The molecule has 2 nitrogen and oxygen atoms in total. The molecule has 4 heteroatoms. The molecule has 0 spiro atoms. The van der Waals surface area contributed by atoms with Crippen molar-refractivity contribution in [2.24, 2.45) is 0 Å². The molecule has 0 aliphatic rings. The van der Waals surface area contributed by atoms with E-state index in [-0.39, 0.29) is 5.75 Å². The van der Waals surface area contributed by atoms with Gasteiger partial charge < -0.3 is 9.84 Å². The van der Waals surface area contributed by atoms with E-state index in [9.17, 15) is 5.11 Å². The van der Waals surface area contributed by atoms with Crippen molar-refractivity contribution in [1.82, 2.24) is 0 Å². The third kappa shape index (κ3) is 2.39. The van der Waals surface area contributed by atoms with E-state index in [4.69, 9.17) is 4.74 Å². The minimum Gasteiger partial charge on any atom is -0.504 e. The molecule has 0 heterocycles. The Morgan fingerprint density at radius 3 is 2.31 bits per heavy atom. The van der Waals surface area contributed by atoms with Gasteiger partial charge in [0.15, 0.2) is 11.5 Å². The van der Waals surface area contributed by atoms with Crippen LogP contribution in [0.1, 0.15) is 0 Å². The van der Waals surface area contributed by atoms with Crippen LogP contribution in [-0.2, 0) is 0 Å². The highest BCUT2D eigenvalue weighted by atomic mass is 79.9. The Morgan fingerprint density at radius 1 is 0.938 bits per heavy atom. The quantitative estimate of drug-likeness (QED) is 0.855. The van der Waals surface area contributed by atoms with Crippen molar-refractivity contribution in [3.63, 3.8) is 0 Å². The van der Waals surface area contributed by atoms with E-state index >= 15 is 0 Å². The standard InChI is InChI=1S/C12H8Br2O2/c13-9-6-7-10(15)12(11(9)14)16-8-4-2-1-3-5-8/h1-7,15H. The van der Waals surface area contributed by atoms with Crippen LogP contribution in [0.25, 0.3) is 0 Å². The zero-order valence-electron chi connectivity index (χ0n) is 8.15. The van der Waals surface area contributed by atoms with E-state index < -0.39 is 0 Å². The summed E-state index contributed by atoms with van der Waals surface area (Å²) in [5.74, 6) is 1.18. The van der Waals surface area contributed by atoms with Crippen molar-refractivity contribution in [3.05, 3.63) is 51.4 Å². The summed E-state index contributed by atoms with van der Waals surface area (Å²) in [6, 6.07) is 12.6. The number of ether oxygens (including phenoxy) is 1. The first-order valence-electron chi connectivity index (χ1n) is 4.58. The molecule has 0 unspecified atom stereocenters. The van der Waals surface area contributed by atoms with Gasteiger partial charge in [0, 0.05) is 4.47 Å². The molecule has 2 aromatic carbocycles. The topological polar surface area (TPSA) is 29.5 Å². The summed E-state index contributed by atoms with van der Waals surface area (Å²) in [7, 11) is 0. The number of benzene rings is 2. The van der Waals surface area contributed by atoms with Crippen LogP contribution >= 0.6 is 31.9 Å². The first-order valence-corrected chi connectivity index (χ1v) is 6.17. The second-order valence-corrected chi connectivity index (χ2v) is 4.77. The smallest absolute Gasteiger partial charge is 0.184 e. The van der Waals surface area contributed by atoms with Gasteiger partial charge in [-0.2, -0.15) is 0 Å². The number of hydrogen-bond acceptors (Lipinski definition) is 2. The second-order valence-electron chi connectivity index (χ2n) is 3.12. The van der Waals surface area contributed by atoms with Gasteiger partial charge in [-0.05, 0) is 56.1 Å². The molecule has 0 aliphatic carbocycles. The monoisotopic (exact) mass is 342 g/mol. The van der Waals surface area contributed by atoms with Gasteiger partial charge in [0.25, 0.3) is 0 Å². The number of phenolic OH excluding ortho intramolecular Hbond substituents is 1. The predicted octanol–water partition coefficient (Wildman–Crippen LogP) is 4.71. The Kier molecular flexibility index (Phi) is 3.51. The fourth-order valence-corrected chi connectivity index (χ4v) is 1.95. The number of rotatable bonds is 2. The van der Waals surface area contributed by atoms with Gasteiger partial charge in [0.05, 0.1) is 4.47 Å². The zero-order valence-corrected chi connectivity index (χ0v) is 11.3. The minimum absolute atomic E-state index is 0.0962. The summed E-state index contributed by atoms with van der Waals surface area (Å²) < 4.78 is 7.11. The van der Waals surface area contributed by atoms with Gasteiger partial charge in [-0.15, -0.1) is 0 Å². The van der Waals surface area contributed by atoms with E-state index in [2.05, 4.69) is 31.9 Å². The van der Waals surface area contributed by atoms with Crippen molar-refractivity contribution in [1.29, 1.82) is 0 Å². The lowest BCUT2D eigenvalue weighted by molar-refractivity contribution is 0.409.